The van der Waals surface area contributed by atoms with Crippen LogP contribution in [0.15, 0.2) is 47.8 Å². The summed E-state index contributed by atoms with van der Waals surface area (Å²) in [6, 6.07) is 14.1. The molecule has 1 aliphatic rings. The molecule has 0 N–H and O–H groups in total. The maximum absolute atomic E-state index is 13.1. The Bertz CT molecular complexity index is 896. The predicted molar refractivity (Wildman–Crippen MR) is 108 cm³/mol. The van der Waals surface area contributed by atoms with Gasteiger partial charge in [-0.1, -0.05) is 31.2 Å². The summed E-state index contributed by atoms with van der Waals surface area (Å²) in [7, 11) is 1.89. The number of hydrogen-bond donors (Lipinski definition) is 0. The number of para-hydroxylation sites is 1. The summed E-state index contributed by atoms with van der Waals surface area (Å²) in [6.45, 7) is 2.29. The smallest absolute Gasteiger partial charge is 0.293 e. The van der Waals surface area contributed by atoms with Crippen molar-refractivity contribution in [2.24, 2.45) is 5.92 Å². The SMILES string of the molecule is CC1CCC(N(C)C(=O)c2nc(-c3cccs3)n(-c3ccccc3)n2)CC1. The third kappa shape index (κ3) is 3.67. The Kier molecular flexibility index (Phi) is 5.07. The van der Waals surface area contributed by atoms with Gasteiger partial charge in [0.25, 0.3) is 5.91 Å². The van der Waals surface area contributed by atoms with Crippen molar-refractivity contribution in [2.75, 3.05) is 7.05 Å². The van der Waals surface area contributed by atoms with Gasteiger partial charge in [0, 0.05) is 13.1 Å². The van der Waals surface area contributed by atoms with E-state index in [9.17, 15) is 4.79 Å². The van der Waals surface area contributed by atoms with Gasteiger partial charge in [-0.2, -0.15) is 0 Å². The van der Waals surface area contributed by atoms with Gasteiger partial charge in [-0.3, -0.25) is 4.79 Å². The average molecular weight is 381 g/mol. The van der Waals surface area contributed by atoms with E-state index in [1.165, 1.54) is 12.8 Å². The number of benzene rings is 1. The number of nitrogens with zero attached hydrogens (tertiary/aromatic N) is 4. The molecule has 0 aliphatic heterocycles. The fourth-order valence-corrected chi connectivity index (χ4v) is 4.37. The number of carbonyl (C=O) groups excluding carboxylic acids is 1. The van der Waals surface area contributed by atoms with E-state index in [2.05, 4.69) is 17.0 Å². The number of rotatable bonds is 4. The summed E-state index contributed by atoms with van der Waals surface area (Å²) >= 11 is 1.60. The van der Waals surface area contributed by atoms with Gasteiger partial charge in [-0.05, 0) is 55.2 Å². The highest BCUT2D eigenvalue weighted by molar-refractivity contribution is 7.13. The molecular weight excluding hydrogens is 356 g/mol. The zero-order valence-electron chi connectivity index (χ0n) is 15.7. The Labute approximate surface area is 163 Å². The highest BCUT2D eigenvalue weighted by Gasteiger charge is 2.28. The van der Waals surface area contributed by atoms with Gasteiger partial charge in [0.1, 0.15) is 0 Å². The third-order valence-electron chi connectivity index (χ3n) is 5.39. The molecule has 27 heavy (non-hydrogen) atoms. The predicted octanol–water partition coefficient (Wildman–Crippen LogP) is 4.65. The Morgan fingerprint density at radius 1 is 1.11 bits per heavy atom. The monoisotopic (exact) mass is 380 g/mol. The topological polar surface area (TPSA) is 51.0 Å². The highest BCUT2D eigenvalue weighted by atomic mass is 32.1. The molecule has 4 rings (SSSR count). The van der Waals surface area contributed by atoms with E-state index in [0.717, 1.165) is 29.3 Å². The Morgan fingerprint density at radius 2 is 1.85 bits per heavy atom. The second kappa shape index (κ2) is 7.64. The molecule has 0 radical (unpaired) electrons. The lowest BCUT2D eigenvalue weighted by atomic mass is 9.87. The van der Waals surface area contributed by atoms with Gasteiger partial charge in [0.05, 0.1) is 10.6 Å². The molecular formula is C21H24N4OS. The minimum atomic E-state index is -0.0953. The largest absolute Gasteiger partial charge is 0.336 e. The molecule has 1 saturated carbocycles. The molecule has 0 atom stereocenters. The lowest BCUT2D eigenvalue weighted by molar-refractivity contribution is 0.0667. The van der Waals surface area contributed by atoms with E-state index in [4.69, 9.17) is 0 Å². The summed E-state index contributed by atoms with van der Waals surface area (Å²) in [5.74, 6) is 1.64. The normalized spacial score (nSPS) is 19.8. The van der Waals surface area contributed by atoms with Gasteiger partial charge in [0.15, 0.2) is 5.82 Å². The van der Waals surface area contributed by atoms with Crippen molar-refractivity contribution in [1.29, 1.82) is 0 Å². The standard InChI is InChI=1S/C21H24N4OS/c1-15-10-12-16(13-11-15)24(2)21(26)19-22-20(18-9-6-14-27-18)25(23-19)17-7-4-3-5-8-17/h3-9,14-16H,10-13H2,1-2H3. The maximum atomic E-state index is 13.1. The Hall–Kier alpha value is -2.47. The lowest BCUT2D eigenvalue weighted by Crippen LogP contribution is -2.39. The number of thiophene rings is 1. The second-order valence-corrected chi connectivity index (χ2v) is 8.26. The Morgan fingerprint density at radius 3 is 2.52 bits per heavy atom. The molecule has 0 bridgehead atoms. The minimum Gasteiger partial charge on any atom is -0.336 e. The second-order valence-electron chi connectivity index (χ2n) is 7.31. The first kappa shape index (κ1) is 17.9. The van der Waals surface area contributed by atoms with Crippen LogP contribution in [-0.4, -0.2) is 38.7 Å². The molecule has 0 saturated heterocycles. The van der Waals surface area contributed by atoms with Crippen LogP contribution in [-0.2, 0) is 0 Å². The van der Waals surface area contributed by atoms with Crippen molar-refractivity contribution in [3.05, 3.63) is 53.7 Å². The molecule has 3 aromatic rings. The fourth-order valence-electron chi connectivity index (χ4n) is 3.67. The van der Waals surface area contributed by atoms with Crippen LogP contribution < -0.4 is 0 Å². The molecule has 1 aromatic carbocycles. The van der Waals surface area contributed by atoms with Crippen LogP contribution in [0.2, 0.25) is 0 Å². The molecule has 1 amide bonds. The van der Waals surface area contributed by atoms with Crippen LogP contribution >= 0.6 is 11.3 Å². The first-order valence-electron chi connectivity index (χ1n) is 9.47. The van der Waals surface area contributed by atoms with Crippen LogP contribution in [0.25, 0.3) is 16.4 Å². The van der Waals surface area contributed by atoms with E-state index >= 15 is 0 Å². The zero-order valence-corrected chi connectivity index (χ0v) is 16.5. The molecule has 6 heteroatoms. The summed E-state index contributed by atoms with van der Waals surface area (Å²) < 4.78 is 1.77. The molecule has 2 heterocycles. The minimum absolute atomic E-state index is 0.0953. The number of amides is 1. The van der Waals surface area contributed by atoms with Gasteiger partial charge < -0.3 is 4.90 Å². The van der Waals surface area contributed by atoms with E-state index in [0.29, 0.717) is 5.82 Å². The van der Waals surface area contributed by atoms with Crippen molar-refractivity contribution < 1.29 is 4.79 Å². The summed E-state index contributed by atoms with van der Waals surface area (Å²) in [5.41, 5.74) is 0.904. The molecule has 0 unspecified atom stereocenters. The van der Waals surface area contributed by atoms with Crippen molar-refractivity contribution in [3.8, 4) is 16.4 Å². The molecule has 140 valence electrons. The molecule has 2 aromatic heterocycles. The van der Waals surface area contributed by atoms with Crippen LogP contribution in [0.1, 0.15) is 43.2 Å². The van der Waals surface area contributed by atoms with Crippen molar-refractivity contribution in [2.45, 2.75) is 38.6 Å². The fraction of sp³-hybridized carbons (Fsp3) is 0.381. The maximum Gasteiger partial charge on any atom is 0.293 e. The van der Waals surface area contributed by atoms with E-state index in [1.807, 2.05) is 59.8 Å². The third-order valence-corrected chi connectivity index (χ3v) is 6.26. The van der Waals surface area contributed by atoms with E-state index < -0.39 is 0 Å². The van der Waals surface area contributed by atoms with Crippen LogP contribution in [0.3, 0.4) is 0 Å². The summed E-state index contributed by atoms with van der Waals surface area (Å²) in [4.78, 5) is 20.6. The zero-order chi connectivity index (χ0) is 18.8. The van der Waals surface area contributed by atoms with Crippen LogP contribution in [0.4, 0.5) is 0 Å². The quantitative estimate of drug-likeness (QED) is 0.662. The Balaban J connectivity index is 1.66. The van der Waals surface area contributed by atoms with Gasteiger partial charge in [-0.15, -0.1) is 16.4 Å². The molecule has 0 spiro atoms. The highest BCUT2D eigenvalue weighted by Crippen LogP contribution is 2.28. The number of aromatic nitrogens is 3. The first-order chi connectivity index (χ1) is 13.1. The van der Waals surface area contributed by atoms with Gasteiger partial charge in [0.2, 0.25) is 5.82 Å². The molecule has 5 nitrogen and oxygen atoms in total. The van der Waals surface area contributed by atoms with E-state index in [1.54, 1.807) is 16.0 Å². The first-order valence-corrected chi connectivity index (χ1v) is 10.3. The molecule has 1 fully saturated rings. The van der Waals surface area contributed by atoms with Gasteiger partial charge in [-0.25, -0.2) is 9.67 Å². The van der Waals surface area contributed by atoms with Crippen LogP contribution in [0.5, 0.6) is 0 Å². The van der Waals surface area contributed by atoms with Gasteiger partial charge >= 0.3 is 0 Å². The number of hydrogen-bond acceptors (Lipinski definition) is 4. The summed E-state index contributed by atoms with van der Waals surface area (Å²) in [6.07, 6.45) is 4.46. The lowest BCUT2D eigenvalue weighted by Gasteiger charge is -2.32. The van der Waals surface area contributed by atoms with Crippen molar-refractivity contribution in [1.82, 2.24) is 19.7 Å². The average Bonchev–Trinajstić information content (AvgIpc) is 3.38. The molecule has 1 aliphatic carbocycles. The van der Waals surface area contributed by atoms with Crippen molar-refractivity contribution in [3.63, 3.8) is 0 Å². The summed E-state index contributed by atoms with van der Waals surface area (Å²) in [5, 5.41) is 6.60. The number of carbonyl (C=O) groups is 1. The van der Waals surface area contributed by atoms with E-state index in [-0.39, 0.29) is 17.8 Å². The van der Waals surface area contributed by atoms with Crippen LogP contribution in [0, 0.1) is 5.92 Å². The van der Waals surface area contributed by atoms with Crippen molar-refractivity contribution >= 4 is 17.2 Å².